The molecule has 1 aliphatic heterocycles. The summed E-state index contributed by atoms with van der Waals surface area (Å²) >= 11 is 0. The van der Waals surface area contributed by atoms with Gasteiger partial charge in [-0.1, -0.05) is 0 Å². The van der Waals surface area contributed by atoms with Gasteiger partial charge in [-0.25, -0.2) is 9.18 Å². The summed E-state index contributed by atoms with van der Waals surface area (Å²) in [5, 5.41) is 17.7. The minimum absolute atomic E-state index is 0.0411. The summed E-state index contributed by atoms with van der Waals surface area (Å²) in [5.74, 6) is -2.28. The molecular weight excluding hydrogens is 425 g/mol. The number of carbonyl (C=O) groups excluding carboxylic acids is 1. The third kappa shape index (κ3) is 4.36. The lowest BCUT2D eigenvalue weighted by atomic mass is 10.1. The number of amides is 1. The second-order valence-electron chi connectivity index (χ2n) is 7.91. The fourth-order valence-electron chi connectivity index (χ4n) is 3.97. The highest BCUT2D eigenvalue weighted by Gasteiger charge is 2.28. The van der Waals surface area contributed by atoms with Crippen LogP contribution in [-0.2, 0) is 9.59 Å². The highest BCUT2D eigenvalue weighted by Crippen LogP contribution is 2.39. The van der Waals surface area contributed by atoms with Crippen LogP contribution in [0.15, 0.2) is 23.1 Å². The van der Waals surface area contributed by atoms with Gasteiger partial charge in [0.1, 0.15) is 5.82 Å². The van der Waals surface area contributed by atoms with E-state index in [0.717, 1.165) is 18.9 Å². The Hall–Kier alpha value is -3.63. The number of hydrogen-bond donors (Lipinski definition) is 2. The molecule has 2 aliphatic rings. The molecule has 2 heterocycles. The molecule has 1 saturated heterocycles. The van der Waals surface area contributed by atoms with Gasteiger partial charge in [0.15, 0.2) is 5.75 Å². The molecule has 1 amide bonds. The maximum atomic E-state index is 15.0. The van der Waals surface area contributed by atoms with E-state index < -0.39 is 23.4 Å². The number of halogens is 1. The van der Waals surface area contributed by atoms with Crippen molar-refractivity contribution < 1.29 is 33.7 Å². The van der Waals surface area contributed by atoms with Crippen LogP contribution in [0.5, 0.6) is 5.75 Å². The van der Waals surface area contributed by atoms with Crippen LogP contribution < -0.4 is 15.1 Å². The highest BCUT2D eigenvalue weighted by atomic mass is 19.1. The molecule has 0 unspecified atom stereocenters. The van der Waals surface area contributed by atoms with Gasteiger partial charge in [0.2, 0.25) is 11.3 Å². The number of aliphatic carboxylic acids is 1. The SMILES string of the molecule is O=C(O)CCC(=O)N1CCN(c2cc3c(cc2F)c(=O)c(OC(=O)O)cn3C2CC2)CC1. The van der Waals surface area contributed by atoms with Crippen molar-refractivity contribution in [2.24, 2.45) is 0 Å². The first kappa shape index (κ1) is 21.6. The average molecular weight is 447 g/mol. The van der Waals surface area contributed by atoms with Crippen LogP contribution in [0.2, 0.25) is 0 Å². The van der Waals surface area contributed by atoms with Crippen LogP contribution in [0.3, 0.4) is 0 Å². The minimum Gasteiger partial charge on any atom is -0.481 e. The summed E-state index contributed by atoms with van der Waals surface area (Å²) in [6, 6.07) is 2.76. The molecule has 32 heavy (non-hydrogen) atoms. The number of ether oxygens (including phenoxy) is 1. The van der Waals surface area contributed by atoms with Crippen molar-refractivity contribution >= 4 is 34.6 Å². The lowest BCUT2D eigenvalue weighted by Crippen LogP contribution is -2.49. The Morgan fingerprint density at radius 2 is 1.75 bits per heavy atom. The van der Waals surface area contributed by atoms with Crippen LogP contribution >= 0.6 is 0 Å². The number of fused-ring (bicyclic) bond motifs is 1. The maximum Gasteiger partial charge on any atom is 0.511 e. The molecule has 170 valence electrons. The van der Waals surface area contributed by atoms with Crippen molar-refractivity contribution in [1.29, 1.82) is 0 Å². The first-order valence-electron chi connectivity index (χ1n) is 10.3. The van der Waals surface area contributed by atoms with E-state index in [1.54, 1.807) is 20.4 Å². The van der Waals surface area contributed by atoms with Crippen LogP contribution in [-0.4, -0.2) is 63.9 Å². The molecule has 4 rings (SSSR count). The first-order chi connectivity index (χ1) is 15.2. The molecule has 11 heteroatoms. The Labute approximate surface area is 181 Å². The van der Waals surface area contributed by atoms with E-state index >= 15 is 0 Å². The Morgan fingerprint density at radius 1 is 1.06 bits per heavy atom. The molecule has 1 aromatic carbocycles. The molecule has 10 nitrogen and oxygen atoms in total. The predicted molar refractivity (Wildman–Crippen MR) is 111 cm³/mol. The van der Waals surface area contributed by atoms with Crippen LogP contribution in [0.25, 0.3) is 10.9 Å². The molecule has 0 radical (unpaired) electrons. The van der Waals surface area contributed by atoms with E-state index in [-0.39, 0.29) is 41.6 Å². The molecule has 0 bridgehead atoms. The zero-order chi connectivity index (χ0) is 23.0. The lowest BCUT2D eigenvalue weighted by Gasteiger charge is -2.36. The molecule has 1 saturated carbocycles. The lowest BCUT2D eigenvalue weighted by molar-refractivity contribution is -0.141. The number of carbonyl (C=O) groups is 3. The maximum absolute atomic E-state index is 15.0. The van der Waals surface area contributed by atoms with Crippen molar-refractivity contribution in [2.45, 2.75) is 31.7 Å². The summed E-state index contributed by atoms with van der Waals surface area (Å²) in [4.78, 5) is 49.7. The third-order valence-electron chi connectivity index (χ3n) is 5.73. The molecule has 0 atom stereocenters. The van der Waals surface area contributed by atoms with E-state index in [0.29, 0.717) is 31.7 Å². The zero-order valence-electron chi connectivity index (χ0n) is 17.1. The fourth-order valence-corrected chi connectivity index (χ4v) is 3.97. The number of piperazine rings is 1. The van der Waals surface area contributed by atoms with E-state index in [9.17, 15) is 23.6 Å². The van der Waals surface area contributed by atoms with Crippen LogP contribution in [0.4, 0.5) is 14.9 Å². The first-order valence-corrected chi connectivity index (χ1v) is 10.3. The molecule has 2 aromatic rings. The summed E-state index contributed by atoms with van der Waals surface area (Å²) in [6.07, 6.45) is 1.15. The topological polar surface area (TPSA) is 129 Å². The van der Waals surface area contributed by atoms with E-state index in [2.05, 4.69) is 4.74 Å². The molecule has 1 aliphatic carbocycles. The van der Waals surface area contributed by atoms with Crippen LogP contribution in [0.1, 0.15) is 31.7 Å². The van der Waals surface area contributed by atoms with E-state index in [1.165, 1.54) is 6.20 Å². The number of aromatic nitrogens is 1. The van der Waals surface area contributed by atoms with E-state index in [1.807, 2.05) is 0 Å². The van der Waals surface area contributed by atoms with Gasteiger partial charge in [-0.15, -0.1) is 0 Å². The Kier molecular flexibility index (Phi) is 5.72. The molecule has 1 aromatic heterocycles. The van der Waals surface area contributed by atoms with Gasteiger partial charge in [-0.2, -0.15) is 0 Å². The predicted octanol–water partition coefficient (Wildman–Crippen LogP) is 2.05. The van der Waals surface area contributed by atoms with Gasteiger partial charge < -0.3 is 29.3 Å². The second kappa shape index (κ2) is 8.48. The molecule has 2 N–H and O–H groups in total. The highest BCUT2D eigenvalue weighted by molar-refractivity contribution is 5.85. The fraction of sp³-hybridized carbons (Fsp3) is 0.429. The van der Waals surface area contributed by atoms with Crippen molar-refractivity contribution in [1.82, 2.24) is 9.47 Å². The summed E-state index contributed by atoms with van der Waals surface area (Å²) < 4.78 is 21.4. The van der Waals surface area contributed by atoms with Crippen LogP contribution in [0, 0.1) is 5.82 Å². The number of rotatable bonds is 6. The smallest absolute Gasteiger partial charge is 0.481 e. The summed E-state index contributed by atoms with van der Waals surface area (Å²) in [5.41, 5.74) is 0.0843. The monoisotopic (exact) mass is 447 g/mol. The number of hydrogen-bond acceptors (Lipinski definition) is 6. The Morgan fingerprint density at radius 3 is 2.34 bits per heavy atom. The Bertz CT molecular complexity index is 1150. The largest absolute Gasteiger partial charge is 0.511 e. The van der Waals surface area contributed by atoms with E-state index in [4.69, 9.17) is 10.2 Å². The van der Waals surface area contributed by atoms with Gasteiger partial charge in [-0.05, 0) is 25.0 Å². The third-order valence-corrected chi connectivity index (χ3v) is 5.73. The van der Waals surface area contributed by atoms with Gasteiger partial charge >= 0.3 is 12.1 Å². The number of pyridine rings is 1. The summed E-state index contributed by atoms with van der Waals surface area (Å²) in [7, 11) is 0. The normalized spacial score (nSPS) is 16.3. The number of carboxylic acid groups (broad SMARTS) is 2. The van der Waals surface area contributed by atoms with Gasteiger partial charge in [-0.3, -0.25) is 14.4 Å². The van der Waals surface area contributed by atoms with Crippen molar-refractivity contribution in [3.05, 3.63) is 34.4 Å². The quantitative estimate of drug-likeness (QED) is 0.644. The van der Waals surface area contributed by atoms with Crippen molar-refractivity contribution in [2.75, 3.05) is 31.1 Å². The molecule has 2 fully saturated rings. The Balaban J connectivity index is 1.61. The number of benzene rings is 1. The average Bonchev–Trinajstić information content (AvgIpc) is 3.59. The summed E-state index contributed by atoms with van der Waals surface area (Å²) in [6.45, 7) is 1.37. The van der Waals surface area contributed by atoms with Gasteiger partial charge in [0, 0.05) is 38.6 Å². The standard InChI is InChI=1S/C21H22FN3O7/c22-14-9-13-15(25(12-1-2-12)11-17(20(13)29)32-21(30)31)10-16(14)23-5-7-24(8-6-23)18(26)3-4-19(27)28/h9-12H,1-8H2,(H,27,28)(H,30,31). The number of anilines is 1. The van der Waals surface area contributed by atoms with Crippen molar-refractivity contribution in [3.63, 3.8) is 0 Å². The minimum atomic E-state index is -1.61. The zero-order valence-corrected chi connectivity index (χ0v) is 17.1. The second-order valence-corrected chi connectivity index (χ2v) is 7.91. The number of carboxylic acids is 1. The van der Waals surface area contributed by atoms with Gasteiger partial charge in [0.05, 0.1) is 29.2 Å². The molecular formula is C21H22FN3O7. The number of nitrogens with zero attached hydrogens (tertiary/aromatic N) is 3. The molecule has 0 spiro atoms. The van der Waals surface area contributed by atoms with Gasteiger partial charge in [0.25, 0.3) is 0 Å². The van der Waals surface area contributed by atoms with Crippen molar-refractivity contribution in [3.8, 4) is 5.75 Å².